The van der Waals surface area contributed by atoms with Crippen LogP contribution in [0.5, 0.6) is 0 Å². The smallest absolute Gasteiger partial charge is 0.234 e. The number of aryl methyl sites for hydroxylation is 1. The second kappa shape index (κ2) is 4.74. The number of benzene rings is 1. The highest BCUT2D eigenvalue weighted by Crippen LogP contribution is 2.42. The molecule has 1 amide bonds. The van der Waals surface area contributed by atoms with E-state index in [1.165, 1.54) is 0 Å². The summed E-state index contributed by atoms with van der Waals surface area (Å²) < 4.78 is 5.28. The average Bonchev–Trinajstić information content (AvgIpc) is 3.06. The van der Waals surface area contributed by atoms with Gasteiger partial charge in [-0.05, 0) is 55.2 Å². The predicted molar refractivity (Wildman–Crippen MR) is 80.2 cm³/mol. The number of furan rings is 1. The number of hydrogen-bond acceptors (Lipinski definition) is 3. The Bertz CT molecular complexity index is 686. The highest BCUT2D eigenvalue weighted by molar-refractivity contribution is 6.06. The Labute approximate surface area is 123 Å². The normalized spacial score (nSPS) is 17.4. The molecule has 1 aliphatic heterocycles. The third-order valence-electron chi connectivity index (χ3n) is 4.23. The van der Waals surface area contributed by atoms with Crippen molar-refractivity contribution in [3.63, 3.8) is 0 Å². The minimum atomic E-state index is -0.817. The molecule has 21 heavy (non-hydrogen) atoms. The first-order valence-corrected chi connectivity index (χ1v) is 7.15. The summed E-state index contributed by atoms with van der Waals surface area (Å²) in [5, 5.41) is 13.4. The van der Waals surface area contributed by atoms with Crippen molar-refractivity contribution in [1.82, 2.24) is 0 Å². The van der Waals surface area contributed by atoms with Crippen LogP contribution in [0, 0.1) is 0 Å². The van der Waals surface area contributed by atoms with Crippen molar-refractivity contribution in [2.24, 2.45) is 0 Å². The van der Waals surface area contributed by atoms with Crippen LogP contribution in [0.4, 0.5) is 5.69 Å². The first-order chi connectivity index (χ1) is 9.95. The number of fused-ring (bicyclic) bond motifs is 1. The summed E-state index contributed by atoms with van der Waals surface area (Å²) in [5.41, 5.74) is 3.03. The van der Waals surface area contributed by atoms with Gasteiger partial charge < -0.3 is 14.8 Å². The molecule has 3 rings (SSSR count). The van der Waals surface area contributed by atoms with Gasteiger partial charge in [0, 0.05) is 5.69 Å². The lowest BCUT2D eigenvalue weighted by molar-refractivity contribution is -0.119. The Morgan fingerprint density at radius 2 is 2.14 bits per heavy atom. The molecule has 110 valence electrons. The summed E-state index contributed by atoms with van der Waals surface area (Å²) in [7, 11) is 0. The molecule has 1 aromatic heterocycles. The lowest BCUT2D eigenvalue weighted by Gasteiger charge is -2.18. The van der Waals surface area contributed by atoms with Gasteiger partial charge in [0.1, 0.15) is 11.9 Å². The molecular weight excluding hydrogens is 266 g/mol. The number of carbonyl (C=O) groups is 1. The number of aliphatic hydroxyl groups is 1. The average molecular weight is 285 g/mol. The SMILES string of the molecule is CCc1cc(C(O)c2ccco2)cc2c1NC(=O)C2(C)C. The maximum atomic E-state index is 12.1. The van der Waals surface area contributed by atoms with Crippen LogP contribution in [0.15, 0.2) is 34.9 Å². The number of carbonyl (C=O) groups excluding carboxylic acids is 1. The van der Waals surface area contributed by atoms with E-state index in [-0.39, 0.29) is 5.91 Å². The molecule has 0 aliphatic carbocycles. The molecule has 1 aromatic carbocycles. The van der Waals surface area contributed by atoms with Gasteiger partial charge in [-0.2, -0.15) is 0 Å². The monoisotopic (exact) mass is 285 g/mol. The first kappa shape index (κ1) is 13.9. The van der Waals surface area contributed by atoms with Gasteiger partial charge in [-0.15, -0.1) is 0 Å². The Balaban J connectivity index is 2.13. The largest absolute Gasteiger partial charge is 0.466 e. The zero-order valence-corrected chi connectivity index (χ0v) is 12.4. The molecule has 4 heteroatoms. The summed E-state index contributed by atoms with van der Waals surface area (Å²) in [4.78, 5) is 12.1. The van der Waals surface area contributed by atoms with Crippen LogP contribution in [0.1, 0.15) is 49.3 Å². The van der Waals surface area contributed by atoms with Crippen molar-refractivity contribution in [2.45, 2.75) is 38.7 Å². The Morgan fingerprint density at radius 1 is 1.38 bits per heavy atom. The number of amides is 1. The van der Waals surface area contributed by atoms with Crippen LogP contribution < -0.4 is 5.32 Å². The van der Waals surface area contributed by atoms with Gasteiger partial charge in [0.2, 0.25) is 5.91 Å². The maximum Gasteiger partial charge on any atom is 0.234 e. The second-order valence-corrected chi connectivity index (χ2v) is 5.95. The standard InChI is InChI=1S/C17H19NO3/c1-4-10-8-11(15(19)13-6-5-7-21-13)9-12-14(10)18-16(20)17(12,2)3/h5-9,15,19H,4H2,1-3H3,(H,18,20). The van der Waals surface area contributed by atoms with Gasteiger partial charge in [0.25, 0.3) is 0 Å². The van der Waals surface area contributed by atoms with Crippen molar-refractivity contribution in [1.29, 1.82) is 0 Å². The number of rotatable bonds is 3. The van der Waals surface area contributed by atoms with Crippen LogP contribution >= 0.6 is 0 Å². The molecule has 0 radical (unpaired) electrons. The van der Waals surface area contributed by atoms with Crippen molar-refractivity contribution < 1.29 is 14.3 Å². The van der Waals surface area contributed by atoms with Crippen LogP contribution in [0.2, 0.25) is 0 Å². The predicted octanol–water partition coefficient (Wildman–Crippen LogP) is 3.15. The van der Waals surface area contributed by atoms with Gasteiger partial charge in [-0.1, -0.05) is 13.0 Å². The Morgan fingerprint density at radius 3 is 2.76 bits per heavy atom. The van der Waals surface area contributed by atoms with Gasteiger partial charge in [-0.3, -0.25) is 4.79 Å². The summed E-state index contributed by atoms with van der Waals surface area (Å²) in [6, 6.07) is 7.34. The van der Waals surface area contributed by atoms with Crippen molar-refractivity contribution >= 4 is 11.6 Å². The van der Waals surface area contributed by atoms with Gasteiger partial charge in [-0.25, -0.2) is 0 Å². The number of hydrogen-bond donors (Lipinski definition) is 2. The molecule has 4 nitrogen and oxygen atoms in total. The first-order valence-electron chi connectivity index (χ1n) is 7.15. The molecule has 1 aliphatic rings. The molecule has 1 atom stereocenters. The fourth-order valence-corrected chi connectivity index (χ4v) is 2.81. The highest BCUT2D eigenvalue weighted by atomic mass is 16.4. The third-order valence-corrected chi connectivity index (χ3v) is 4.23. The molecule has 2 heterocycles. The van der Waals surface area contributed by atoms with E-state index in [1.807, 2.05) is 32.9 Å². The molecule has 0 saturated heterocycles. The van der Waals surface area contributed by atoms with E-state index in [2.05, 4.69) is 5.32 Å². The molecule has 2 aromatic rings. The van der Waals surface area contributed by atoms with Crippen LogP contribution in [-0.4, -0.2) is 11.0 Å². The zero-order chi connectivity index (χ0) is 15.2. The summed E-state index contributed by atoms with van der Waals surface area (Å²) >= 11 is 0. The van der Waals surface area contributed by atoms with Gasteiger partial charge in [0.15, 0.2) is 0 Å². The quantitative estimate of drug-likeness (QED) is 0.910. The van der Waals surface area contributed by atoms with Crippen LogP contribution in [0.3, 0.4) is 0 Å². The topological polar surface area (TPSA) is 62.5 Å². The molecule has 0 fully saturated rings. The molecular formula is C17H19NO3. The molecule has 0 bridgehead atoms. The zero-order valence-electron chi connectivity index (χ0n) is 12.4. The summed E-state index contributed by atoms with van der Waals surface area (Å²) in [5.74, 6) is 0.504. The lowest BCUT2D eigenvalue weighted by Crippen LogP contribution is -2.26. The Kier molecular flexibility index (Phi) is 3.14. The molecule has 2 N–H and O–H groups in total. The minimum Gasteiger partial charge on any atom is -0.466 e. The lowest BCUT2D eigenvalue weighted by atomic mass is 9.83. The number of nitrogens with one attached hydrogen (secondary N) is 1. The van der Waals surface area contributed by atoms with E-state index in [0.717, 1.165) is 28.8 Å². The molecule has 0 spiro atoms. The number of aliphatic hydroxyl groups excluding tert-OH is 1. The minimum absolute atomic E-state index is 0.00293. The Hall–Kier alpha value is -2.07. The molecule has 1 unspecified atom stereocenters. The van der Waals surface area contributed by atoms with Crippen LogP contribution in [0.25, 0.3) is 0 Å². The number of anilines is 1. The fourth-order valence-electron chi connectivity index (χ4n) is 2.81. The van der Waals surface area contributed by atoms with E-state index in [4.69, 9.17) is 4.42 Å². The fraction of sp³-hybridized carbons (Fsp3) is 0.353. The van der Waals surface area contributed by atoms with E-state index in [0.29, 0.717) is 5.76 Å². The molecule has 0 saturated carbocycles. The maximum absolute atomic E-state index is 12.1. The van der Waals surface area contributed by atoms with E-state index < -0.39 is 11.5 Å². The third kappa shape index (κ3) is 2.07. The van der Waals surface area contributed by atoms with Gasteiger partial charge >= 0.3 is 0 Å². The summed E-state index contributed by atoms with van der Waals surface area (Å²) in [6.07, 6.45) is 1.51. The van der Waals surface area contributed by atoms with E-state index in [9.17, 15) is 9.90 Å². The van der Waals surface area contributed by atoms with Crippen molar-refractivity contribution in [3.05, 3.63) is 53.0 Å². The van der Waals surface area contributed by atoms with E-state index in [1.54, 1.807) is 18.4 Å². The van der Waals surface area contributed by atoms with E-state index >= 15 is 0 Å². The van der Waals surface area contributed by atoms with Crippen molar-refractivity contribution in [3.8, 4) is 0 Å². The van der Waals surface area contributed by atoms with Crippen LogP contribution in [-0.2, 0) is 16.6 Å². The van der Waals surface area contributed by atoms with Gasteiger partial charge in [0.05, 0.1) is 11.7 Å². The highest BCUT2D eigenvalue weighted by Gasteiger charge is 2.40. The van der Waals surface area contributed by atoms with Crippen molar-refractivity contribution in [2.75, 3.05) is 5.32 Å². The second-order valence-electron chi connectivity index (χ2n) is 5.95. The summed E-state index contributed by atoms with van der Waals surface area (Å²) in [6.45, 7) is 5.84.